The van der Waals surface area contributed by atoms with E-state index in [1.165, 1.54) is 54.6 Å². The Morgan fingerprint density at radius 3 is 1.59 bits per heavy atom. The summed E-state index contributed by atoms with van der Waals surface area (Å²) >= 11 is 0. The number of aliphatic hydroxyl groups is 10. The van der Waals surface area contributed by atoms with Crippen molar-refractivity contribution in [2.75, 3.05) is 26.4 Å². The van der Waals surface area contributed by atoms with Gasteiger partial charge >= 0.3 is 11.9 Å². The van der Waals surface area contributed by atoms with Crippen molar-refractivity contribution in [2.24, 2.45) is 28.6 Å². The number of hydrogen-bond acceptors (Lipinski definition) is 23. The van der Waals surface area contributed by atoms with E-state index in [1.807, 2.05) is 0 Å². The fourth-order valence-corrected chi connectivity index (χ4v) is 10.1. The zero-order valence-corrected chi connectivity index (χ0v) is 39.2. The molecule has 0 aromatic heterocycles. The number of phenolic OH excluding ortho intramolecular Hbond substituents is 3. The third-order valence-corrected chi connectivity index (χ3v) is 14.8. The van der Waals surface area contributed by atoms with Crippen LogP contribution in [0.2, 0.25) is 0 Å². The lowest BCUT2D eigenvalue weighted by atomic mass is 9.69. The first kappa shape index (κ1) is 55.2. The van der Waals surface area contributed by atoms with Gasteiger partial charge in [-0.3, -0.25) is 4.79 Å². The van der Waals surface area contributed by atoms with Crippen LogP contribution in [0.5, 0.6) is 17.2 Å². The van der Waals surface area contributed by atoms with Crippen LogP contribution in [0, 0.1) is 28.6 Å². The molecule has 2 saturated heterocycles. The normalized spacial score (nSPS) is 37.7. The third kappa shape index (κ3) is 11.6. The van der Waals surface area contributed by atoms with Crippen molar-refractivity contribution >= 4 is 30.6 Å². The van der Waals surface area contributed by atoms with Crippen LogP contribution in [0.3, 0.4) is 0 Å². The summed E-state index contributed by atoms with van der Waals surface area (Å²) in [7, 11) is 0. The topological polar surface area (TPSA) is 387 Å². The predicted octanol–water partition coefficient (Wildman–Crippen LogP) is -1.61. The molecule has 2 saturated carbocycles. The summed E-state index contributed by atoms with van der Waals surface area (Å²) in [5.41, 5.74) is -2.32. The Morgan fingerprint density at radius 1 is 0.644 bits per heavy atom. The van der Waals surface area contributed by atoms with Crippen molar-refractivity contribution in [1.82, 2.24) is 0 Å². The first-order valence-electron chi connectivity index (χ1n) is 23.8. The summed E-state index contributed by atoms with van der Waals surface area (Å²) in [6.07, 6.45) is -11.2. The van der Waals surface area contributed by atoms with Gasteiger partial charge in [0.1, 0.15) is 67.2 Å². The highest BCUT2D eigenvalue weighted by molar-refractivity contribution is 6.02. The van der Waals surface area contributed by atoms with Gasteiger partial charge in [-0.05, 0) is 110 Å². The minimum absolute atomic E-state index is 0.0255. The highest BCUT2D eigenvalue weighted by Crippen LogP contribution is 2.48. The highest BCUT2D eigenvalue weighted by Gasteiger charge is 2.49. The summed E-state index contributed by atoms with van der Waals surface area (Å²) in [6, 6.07) is 8.14. The molecule has 4 fully saturated rings. The molecule has 23 heteroatoms. The minimum atomic E-state index is -1.72. The number of hydrogen-bond donors (Lipinski definition) is 13. The molecule has 13 N–H and O–H groups in total. The van der Waals surface area contributed by atoms with E-state index in [4.69, 9.17) is 28.4 Å². The van der Waals surface area contributed by atoms with Gasteiger partial charge in [-0.1, -0.05) is 12.1 Å². The van der Waals surface area contributed by atoms with E-state index < -0.39 is 145 Å². The number of aliphatic hydroxyl groups excluding tert-OH is 10. The number of carbonyl (C=O) groups is 4. The molecule has 0 spiro atoms. The molecule has 2 heterocycles. The first-order valence-corrected chi connectivity index (χ1v) is 23.8. The van der Waals surface area contributed by atoms with Crippen molar-refractivity contribution in [3.63, 3.8) is 0 Å². The van der Waals surface area contributed by atoms with E-state index in [1.54, 1.807) is 0 Å². The summed E-state index contributed by atoms with van der Waals surface area (Å²) in [5, 5.41) is 134. The van der Waals surface area contributed by atoms with Gasteiger partial charge in [0.25, 0.3) is 0 Å². The maximum absolute atomic E-state index is 14.6. The number of ether oxygens (including phenoxy) is 6. The SMILES string of the molecule is O=C[C@]1(/C=C\O[C@@H]2O[C@H](CO)[C@@H](O)[C@H](O)[C@H]2O)CC[C@H](COC(=O)C2=Cc3cc(O)c(O)cc3[C@@H](c3ccc(O)cc3)[C@@H]2C(=O)OC[C@H]2CC[C@](C=O)(/C=C\O[C@@H]3O[C@H](CO)[C@@H](O)[C@H](O)[C@H]3O)[C@@H](O)C2)C[C@@H]1O. The summed E-state index contributed by atoms with van der Waals surface area (Å²) in [5.74, 6) is -6.72. The van der Waals surface area contributed by atoms with Crippen LogP contribution in [0.4, 0.5) is 0 Å². The zero-order valence-electron chi connectivity index (χ0n) is 39.2. The van der Waals surface area contributed by atoms with Gasteiger partial charge in [0, 0.05) is 5.92 Å². The monoisotopic (exact) mass is 1030 g/mol. The zero-order chi connectivity index (χ0) is 52.9. The number of phenols is 3. The standard InChI is InChI=1S/C50H62O23/c51-18-33-39(60)41(62)43(64)47(72-33)68-11-9-49(22-53)7-5-24(13-35(49)58)20-70-45(66)30-15-27-16-31(56)32(57)17-29(27)37(26-1-3-28(55)4-2-26)38(30)46(67)71-21-25-6-8-50(23-54,36(59)14-25)10-12-69-48-44(65)42(63)40(61)34(19-52)73-48/h1-4,9-12,15-17,22-25,33-44,47-48,51-52,55-65H,5-8,13-14,18-21H2/b11-9-,12-10-/t24-,25-,33+,34+,35-,36-,37+,38+,39+,40+,41-,42-,43+,44+,47+,48+,49+,50+/m0/s1. The number of fused-ring (bicyclic) bond motifs is 1. The van der Waals surface area contributed by atoms with Crippen molar-refractivity contribution < 1.29 is 114 Å². The number of aldehydes is 2. The fraction of sp³-hybridized carbons (Fsp3) is 0.560. The van der Waals surface area contributed by atoms with Crippen molar-refractivity contribution in [3.05, 3.63) is 83.3 Å². The van der Waals surface area contributed by atoms with Crippen LogP contribution in [0.25, 0.3) is 6.08 Å². The summed E-state index contributed by atoms with van der Waals surface area (Å²) < 4.78 is 33.2. The van der Waals surface area contributed by atoms with Gasteiger partial charge in [0.05, 0.1) is 73.5 Å². The number of rotatable bonds is 17. The Bertz CT molecular complexity index is 2350. The molecule has 18 atom stereocenters. The lowest BCUT2D eigenvalue weighted by Gasteiger charge is -2.40. The molecule has 2 aromatic carbocycles. The molecule has 3 aliphatic carbocycles. The van der Waals surface area contributed by atoms with Crippen molar-refractivity contribution in [2.45, 2.75) is 118 Å². The second-order valence-corrected chi connectivity index (χ2v) is 19.4. The van der Waals surface area contributed by atoms with E-state index in [2.05, 4.69) is 0 Å². The quantitative estimate of drug-likeness (QED) is 0.0367. The van der Waals surface area contributed by atoms with Gasteiger partial charge in [0.15, 0.2) is 11.5 Å². The van der Waals surface area contributed by atoms with E-state index in [0.717, 1.165) is 12.5 Å². The average molecular weight is 1030 g/mol. The molecule has 2 aromatic rings. The van der Waals surface area contributed by atoms with Gasteiger partial charge < -0.3 is 104 Å². The molecule has 2 aliphatic heterocycles. The second kappa shape index (κ2) is 23.3. The largest absolute Gasteiger partial charge is 0.508 e. The van der Waals surface area contributed by atoms with E-state index in [9.17, 15) is 85.6 Å². The molecule has 0 unspecified atom stereocenters. The molecule has 400 valence electrons. The van der Waals surface area contributed by atoms with Crippen LogP contribution >= 0.6 is 0 Å². The fourth-order valence-electron chi connectivity index (χ4n) is 10.1. The number of esters is 2. The van der Waals surface area contributed by atoms with Gasteiger partial charge in [0.2, 0.25) is 12.6 Å². The maximum Gasteiger partial charge on any atom is 0.334 e. The Labute approximate surface area is 417 Å². The predicted molar refractivity (Wildman–Crippen MR) is 245 cm³/mol. The maximum atomic E-state index is 14.6. The Kier molecular flexibility index (Phi) is 17.7. The van der Waals surface area contributed by atoms with Crippen LogP contribution in [-0.4, -0.2) is 191 Å². The lowest BCUT2D eigenvalue weighted by molar-refractivity contribution is -0.288. The highest BCUT2D eigenvalue weighted by atomic mass is 16.7. The molecular weight excluding hydrogens is 969 g/mol. The molecule has 7 rings (SSSR count). The van der Waals surface area contributed by atoms with Crippen molar-refractivity contribution in [1.29, 1.82) is 0 Å². The van der Waals surface area contributed by atoms with Crippen LogP contribution in [-0.2, 0) is 47.6 Å². The average Bonchev–Trinajstić information content (AvgIpc) is 3.38. The van der Waals surface area contributed by atoms with Gasteiger partial charge in [-0.25, -0.2) is 4.79 Å². The molecule has 5 aliphatic rings. The third-order valence-electron chi connectivity index (χ3n) is 14.8. The van der Waals surface area contributed by atoms with Crippen molar-refractivity contribution in [3.8, 4) is 17.2 Å². The smallest absolute Gasteiger partial charge is 0.334 e. The van der Waals surface area contributed by atoms with Gasteiger partial charge in [-0.2, -0.15) is 0 Å². The van der Waals surface area contributed by atoms with E-state index in [-0.39, 0.29) is 68.6 Å². The van der Waals surface area contributed by atoms with Crippen LogP contribution < -0.4 is 0 Å². The van der Waals surface area contributed by atoms with Crippen LogP contribution in [0.15, 0.2) is 66.6 Å². The molecule has 23 nitrogen and oxygen atoms in total. The minimum Gasteiger partial charge on any atom is -0.508 e. The van der Waals surface area contributed by atoms with E-state index in [0.29, 0.717) is 23.7 Å². The first-order chi connectivity index (χ1) is 34.8. The van der Waals surface area contributed by atoms with Crippen LogP contribution in [0.1, 0.15) is 61.1 Å². The number of aromatic hydroxyl groups is 3. The molecule has 0 radical (unpaired) electrons. The van der Waals surface area contributed by atoms with Gasteiger partial charge in [-0.15, -0.1) is 0 Å². The number of carbonyl (C=O) groups excluding carboxylic acids is 4. The number of benzene rings is 2. The summed E-state index contributed by atoms with van der Waals surface area (Å²) in [4.78, 5) is 53.8. The second-order valence-electron chi connectivity index (χ2n) is 19.4. The Balaban J connectivity index is 1.04. The Hall–Kier alpha value is -5.54. The van der Waals surface area contributed by atoms with E-state index >= 15 is 0 Å². The summed E-state index contributed by atoms with van der Waals surface area (Å²) in [6.45, 7) is -1.99. The Morgan fingerprint density at radius 2 is 1.12 bits per heavy atom. The molecule has 0 bridgehead atoms. The molecular formula is C50H62O23. The lowest BCUT2D eigenvalue weighted by Crippen LogP contribution is -2.58. The molecule has 73 heavy (non-hydrogen) atoms. The molecule has 0 amide bonds.